The van der Waals surface area contributed by atoms with Gasteiger partial charge in [0.1, 0.15) is 10.8 Å². The molecule has 4 rings (SSSR count). The molecule has 0 atom stereocenters. The number of piperazine rings is 1. The summed E-state index contributed by atoms with van der Waals surface area (Å²) in [5.74, 6) is -1.08. The molecule has 1 aromatic heterocycles. The van der Waals surface area contributed by atoms with Crippen LogP contribution in [0.25, 0.3) is 0 Å². The third-order valence-electron chi connectivity index (χ3n) is 6.16. The van der Waals surface area contributed by atoms with Gasteiger partial charge in [-0.1, -0.05) is 24.3 Å². The smallest absolute Gasteiger partial charge is 0.274 e. The summed E-state index contributed by atoms with van der Waals surface area (Å²) >= 11 is 1.28. The summed E-state index contributed by atoms with van der Waals surface area (Å²) in [7, 11) is 0. The van der Waals surface area contributed by atoms with E-state index in [1.807, 2.05) is 18.2 Å². The number of carbonyl (C=O) groups is 2. The monoisotopic (exact) mass is 523 g/mol. The van der Waals surface area contributed by atoms with Crippen LogP contribution in [0.5, 0.6) is 0 Å². The van der Waals surface area contributed by atoms with Crippen LogP contribution in [0.3, 0.4) is 0 Å². The molecule has 0 radical (unpaired) electrons. The molecule has 0 aliphatic carbocycles. The molecule has 1 saturated heterocycles. The molecule has 3 N–H and O–H groups in total. The Bertz CT molecular complexity index is 1250. The summed E-state index contributed by atoms with van der Waals surface area (Å²) in [6.45, 7) is 7.06. The molecule has 10 heteroatoms. The van der Waals surface area contributed by atoms with E-state index >= 15 is 0 Å². The zero-order valence-corrected chi connectivity index (χ0v) is 21.4. The number of aryl methyl sites for hydroxylation is 1. The number of halogens is 1. The Morgan fingerprint density at radius 3 is 2.54 bits per heavy atom. The number of carbonyl (C=O) groups excluding carboxylic acids is 2. The average Bonchev–Trinajstić information content (AvgIpc) is 3.26. The average molecular weight is 524 g/mol. The van der Waals surface area contributed by atoms with Gasteiger partial charge in [-0.15, -0.1) is 11.3 Å². The second-order valence-corrected chi connectivity index (χ2v) is 9.75. The lowest BCUT2D eigenvalue weighted by Gasteiger charge is -2.34. The molecule has 1 aliphatic heterocycles. The van der Waals surface area contributed by atoms with Crippen molar-refractivity contribution in [3.05, 3.63) is 87.5 Å². The minimum absolute atomic E-state index is 0.174. The Kier molecular flexibility index (Phi) is 9.13. The van der Waals surface area contributed by atoms with Gasteiger partial charge in [0.15, 0.2) is 0 Å². The number of β-amino-alcohol motifs (C(OH)–C–C–N with tert-alkyl or cyclic N) is 1. The lowest BCUT2D eigenvalue weighted by molar-refractivity contribution is 0.0956. The number of hydrogen-bond donors (Lipinski definition) is 3. The molecule has 0 bridgehead atoms. The number of hydrogen-bond acceptors (Lipinski definition) is 7. The number of benzene rings is 2. The van der Waals surface area contributed by atoms with Crippen LogP contribution >= 0.6 is 11.3 Å². The van der Waals surface area contributed by atoms with Gasteiger partial charge < -0.3 is 10.4 Å². The molecule has 0 saturated carbocycles. The zero-order valence-electron chi connectivity index (χ0n) is 20.6. The first-order valence-electron chi connectivity index (χ1n) is 12.1. The molecule has 194 valence electrons. The van der Waals surface area contributed by atoms with Crippen LogP contribution in [0.1, 0.15) is 37.4 Å². The molecule has 1 fully saturated rings. The molecule has 0 unspecified atom stereocenters. The van der Waals surface area contributed by atoms with Crippen molar-refractivity contribution in [2.75, 3.05) is 44.6 Å². The highest BCUT2D eigenvalue weighted by Gasteiger charge is 2.20. The minimum atomic E-state index is -0.443. The van der Waals surface area contributed by atoms with Crippen molar-refractivity contribution in [3.8, 4) is 0 Å². The van der Waals surface area contributed by atoms with E-state index in [2.05, 4.69) is 25.6 Å². The first-order chi connectivity index (χ1) is 17.9. The van der Waals surface area contributed by atoms with E-state index in [-0.39, 0.29) is 18.3 Å². The minimum Gasteiger partial charge on any atom is -0.395 e. The quantitative estimate of drug-likeness (QED) is 0.295. The summed E-state index contributed by atoms with van der Waals surface area (Å²) in [5, 5.41) is 18.2. The maximum atomic E-state index is 13.0. The highest BCUT2D eigenvalue weighted by atomic mass is 32.1. The molecule has 2 amide bonds. The van der Waals surface area contributed by atoms with Crippen LogP contribution in [0.2, 0.25) is 0 Å². The van der Waals surface area contributed by atoms with Gasteiger partial charge in [0.2, 0.25) is 0 Å². The molecular weight excluding hydrogens is 493 g/mol. The number of thiophene rings is 1. The zero-order chi connectivity index (χ0) is 26.2. The Hall–Kier alpha value is -3.44. The van der Waals surface area contributed by atoms with Gasteiger partial charge in [0, 0.05) is 44.8 Å². The lowest BCUT2D eigenvalue weighted by Crippen LogP contribution is -2.46. The maximum Gasteiger partial charge on any atom is 0.274 e. The van der Waals surface area contributed by atoms with E-state index in [0.717, 1.165) is 43.9 Å². The van der Waals surface area contributed by atoms with Crippen LogP contribution in [-0.2, 0) is 6.54 Å². The summed E-state index contributed by atoms with van der Waals surface area (Å²) in [6, 6.07) is 13.2. The predicted octanol–water partition coefficient (Wildman–Crippen LogP) is 3.32. The Balaban J connectivity index is 1.37. The standard InChI is InChI=1S/C27H30FN5O3S/c1-19-18-37-27(24(19)26(36)31-29-16-20-5-7-23(28)8-6-20)30-25(35)22-4-2-3-21(15-22)17-33-11-9-32(10-12-33)13-14-34/h2-8,15-16,18,34H,9-14,17H2,1H3,(H,30,35)(H,31,36). The molecule has 0 spiro atoms. The molecule has 1 aliphatic rings. The summed E-state index contributed by atoms with van der Waals surface area (Å²) in [4.78, 5) is 30.4. The molecular formula is C27H30FN5O3S. The molecule has 37 heavy (non-hydrogen) atoms. The largest absolute Gasteiger partial charge is 0.395 e. The molecule has 2 heterocycles. The van der Waals surface area contributed by atoms with Crippen molar-refractivity contribution in [3.63, 3.8) is 0 Å². The Morgan fingerprint density at radius 2 is 1.81 bits per heavy atom. The number of hydrazone groups is 1. The summed E-state index contributed by atoms with van der Waals surface area (Å²) < 4.78 is 13.0. The number of amides is 2. The third kappa shape index (κ3) is 7.30. The number of aliphatic hydroxyl groups is 1. The molecule has 8 nitrogen and oxygen atoms in total. The fourth-order valence-electron chi connectivity index (χ4n) is 4.15. The van der Waals surface area contributed by atoms with Gasteiger partial charge >= 0.3 is 0 Å². The third-order valence-corrected chi connectivity index (χ3v) is 7.17. The van der Waals surface area contributed by atoms with Gasteiger partial charge in [-0.25, -0.2) is 9.82 Å². The second-order valence-electron chi connectivity index (χ2n) is 8.87. The van der Waals surface area contributed by atoms with E-state index in [9.17, 15) is 14.0 Å². The van der Waals surface area contributed by atoms with Crippen LogP contribution in [0.15, 0.2) is 59.0 Å². The number of rotatable bonds is 9. The van der Waals surface area contributed by atoms with Gasteiger partial charge in [0.25, 0.3) is 11.8 Å². The van der Waals surface area contributed by atoms with E-state index in [0.29, 0.717) is 28.2 Å². The lowest BCUT2D eigenvalue weighted by atomic mass is 10.1. The van der Waals surface area contributed by atoms with Crippen LogP contribution < -0.4 is 10.7 Å². The van der Waals surface area contributed by atoms with Gasteiger partial charge in [-0.2, -0.15) is 5.10 Å². The van der Waals surface area contributed by atoms with Crippen molar-refractivity contribution >= 4 is 34.4 Å². The van der Waals surface area contributed by atoms with Crippen LogP contribution in [-0.4, -0.2) is 72.3 Å². The van der Waals surface area contributed by atoms with Crippen molar-refractivity contribution in [2.24, 2.45) is 5.10 Å². The van der Waals surface area contributed by atoms with E-state index < -0.39 is 5.91 Å². The number of nitrogens with zero attached hydrogens (tertiary/aromatic N) is 3. The normalized spacial score (nSPS) is 14.7. The van der Waals surface area contributed by atoms with E-state index in [1.54, 1.807) is 30.5 Å². The topological polar surface area (TPSA) is 97.3 Å². The van der Waals surface area contributed by atoms with Gasteiger partial charge in [-0.05, 0) is 53.3 Å². The fourth-order valence-corrected chi connectivity index (χ4v) is 5.08. The highest BCUT2D eigenvalue weighted by molar-refractivity contribution is 7.15. The predicted molar refractivity (Wildman–Crippen MR) is 144 cm³/mol. The fraction of sp³-hybridized carbons (Fsp3) is 0.296. The number of nitrogens with one attached hydrogen (secondary N) is 2. The Labute approximate surface area is 219 Å². The summed E-state index contributed by atoms with van der Waals surface area (Å²) in [6.07, 6.45) is 1.43. The van der Waals surface area contributed by atoms with Crippen molar-refractivity contribution in [1.29, 1.82) is 0 Å². The molecule has 2 aromatic carbocycles. The van der Waals surface area contributed by atoms with Gasteiger partial charge in [0.05, 0.1) is 18.4 Å². The van der Waals surface area contributed by atoms with E-state index in [4.69, 9.17) is 5.11 Å². The SMILES string of the molecule is Cc1csc(NC(=O)c2cccc(CN3CCN(CCO)CC3)c2)c1C(=O)NN=Cc1ccc(F)cc1. The first kappa shape index (κ1) is 26.6. The Morgan fingerprint density at radius 1 is 1.08 bits per heavy atom. The highest BCUT2D eigenvalue weighted by Crippen LogP contribution is 2.28. The van der Waals surface area contributed by atoms with E-state index in [1.165, 1.54) is 29.7 Å². The van der Waals surface area contributed by atoms with Crippen molar-refractivity contribution in [2.45, 2.75) is 13.5 Å². The molecule has 3 aromatic rings. The summed E-state index contributed by atoms with van der Waals surface area (Å²) in [5.41, 5.74) is 5.76. The first-order valence-corrected chi connectivity index (χ1v) is 12.9. The van der Waals surface area contributed by atoms with Gasteiger partial charge in [-0.3, -0.25) is 19.4 Å². The number of anilines is 1. The van der Waals surface area contributed by atoms with Crippen molar-refractivity contribution in [1.82, 2.24) is 15.2 Å². The number of aliphatic hydroxyl groups excluding tert-OH is 1. The van der Waals surface area contributed by atoms with Crippen LogP contribution in [0.4, 0.5) is 9.39 Å². The maximum absolute atomic E-state index is 13.0. The second kappa shape index (κ2) is 12.7. The van der Waals surface area contributed by atoms with Crippen molar-refractivity contribution < 1.29 is 19.1 Å². The van der Waals surface area contributed by atoms with Crippen LogP contribution in [0, 0.1) is 12.7 Å².